The third-order valence-electron chi connectivity index (χ3n) is 7.75. The molecule has 5 heterocycles. The van der Waals surface area contributed by atoms with Crippen molar-refractivity contribution in [1.29, 1.82) is 5.26 Å². The van der Waals surface area contributed by atoms with Gasteiger partial charge in [0.25, 0.3) is 0 Å². The van der Waals surface area contributed by atoms with Gasteiger partial charge in [-0.3, -0.25) is 9.88 Å². The summed E-state index contributed by atoms with van der Waals surface area (Å²) in [4.78, 5) is 17.1. The maximum atomic E-state index is 9.54. The first kappa shape index (κ1) is 22.2. The second-order valence-corrected chi connectivity index (χ2v) is 9.80. The molecule has 1 N–H and O–H groups in total. The van der Waals surface area contributed by atoms with Crippen LogP contribution >= 0.6 is 0 Å². The van der Waals surface area contributed by atoms with E-state index in [2.05, 4.69) is 62.3 Å². The Morgan fingerprint density at radius 2 is 2.03 bits per heavy atom. The molecule has 3 aliphatic rings. The fraction of sp³-hybridized carbons (Fsp3) is 0.444. The summed E-state index contributed by atoms with van der Waals surface area (Å²) in [5.74, 6) is 1.04. The van der Waals surface area contributed by atoms with Crippen LogP contribution in [0.2, 0.25) is 0 Å². The van der Waals surface area contributed by atoms with Crippen LogP contribution in [0.4, 0.5) is 11.5 Å². The summed E-state index contributed by atoms with van der Waals surface area (Å²) in [5, 5.41) is 14.0. The second kappa shape index (κ2) is 9.08. The molecule has 3 aromatic rings. The molecule has 8 nitrogen and oxygen atoms in total. The average Bonchev–Trinajstić information content (AvgIpc) is 3.09. The number of nitrogens with zero attached hydrogens (tertiary/aromatic N) is 6. The van der Waals surface area contributed by atoms with Crippen molar-refractivity contribution in [3.63, 3.8) is 0 Å². The molecule has 0 saturated carbocycles. The third-order valence-corrected chi connectivity index (χ3v) is 7.75. The summed E-state index contributed by atoms with van der Waals surface area (Å²) in [5.41, 5.74) is 5.08. The highest BCUT2D eigenvalue weighted by Gasteiger charge is 2.40. The Balaban J connectivity index is 1.30. The van der Waals surface area contributed by atoms with Gasteiger partial charge in [-0.1, -0.05) is 6.07 Å². The number of anilines is 2. The predicted molar refractivity (Wildman–Crippen MR) is 137 cm³/mol. The Morgan fingerprint density at radius 1 is 1.11 bits per heavy atom. The maximum absolute atomic E-state index is 9.54. The molecule has 0 spiro atoms. The Bertz CT molecular complexity index is 1290. The van der Waals surface area contributed by atoms with Gasteiger partial charge in [0, 0.05) is 76.2 Å². The zero-order valence-electron chi connectivity index (χ0n) is 20.3. The molecule has 6 rings (SSSR count). The van der Waals surface area contributed by atoms with Crippen LogP contribution in [-0.4, -0.2) is 73.4 Å². The molecule has 0 bridgehead atoms. The summed E-state index contributed by atoms with van der Waals surface area (Å²) in [6, 6.07) is 15.5. The lowest BCUT2D eigenvalue weighted by atomic mass is 10.0. The quantitative estimate of drug-likeness (QED) is 0.627. The van der Waals surface area contributed by atoms with Crippen LogP contribution in [0.3, 0.4) is 0 Å². The fourth-order valence-electron chi connectivity index (χ4n) is 5.91. The number of ether oxygens (including phenoxy) is 1. The molecule has 2 saturated heterocycles. The molecule has 3 aliphatic heterocycles. The highest BCUT2D eigenvalue weighted by Crippen LogP contribution is 2.41. The number of aromatic nitrogens is 2. The minimum absolute atomic E-state index is 0.171. The number of rotatable bonds is 3. The molecule has 2 fully saturated rings. The van der Waals surface area contributed by atoms with Crippen molar-refractivity contribution in [1.82, 2.24) is 20.2 Å². The van der Waals surface area contributed by atoms with Gasteiger partial charge in [0.05, 0.1) is 28.9 Å². The maximum Gasteiger partial charge on any atom is 0.129 e. The Morgan fingerprint density at radius 3 is 2.89 bits per heavy atom. The Labute approximate surface area is 206 Å². The molecular formula is C27H31N7O. The first-order valence-electron chi connectivity index (χ1n) is 12.4. The fourth-order valence-corrected chi connectivity index (χ4v) is 5.91. The number of methoxy groups -OCH3 is 1. The first-order chi connectivity index (χ1) is 17.2. The number of piperazine rings is 1. The molecule has 180 valence electrons. The minimum atomic E-state index is 0.171. The zero-order valence-corrected chi connectivity index (χ0v) is 20.3. The first-order valence-corrected chi connectivity index (χ1v) is 12.4. The van der Waals surface area contributed by atoms with E-state index < -0.39 is 0 Å². The summed E-state index contributed by atoms with van der Waals surface area (Å²) < 4.78 is 5.64. The van der Waals surface area contributed by atoms with Gasteiger partial charge in [-0.25, -0.2) is 4.98 Å². The van der Waals surface area contributed by atoms with E-state index in [4.69, 9.17) is 9.72 Å². The van der Waals surface area contributed by atoms with E-state index in [1.165, 1.54) is 11.3 Å². The van der Waals surface area contributed by atoms with E-state index in [0.717, 1.165) is 68.2 Å². The van der Waals surface area contributed by atoms with Crippen LogP contribution in [0.15, 0.2) is 42.6 Å². The van der Waals surface area contributed by atoms with E-state index in [-0.39, 0.29) is 6.10 Å². The molecule has 2 aromatic heterocycles. The number of hydrogen-bond donors (Lipinski definition) is 1. The van der Waals surface area contributed by atoms with Gasteiger partial charge in [-0.05, 0) is 42.8 Å². The number of fused-ring (bicyclic) bond motifs is 4. The molecule has 0 aliphatic carbocycles. The standard InChI is InChI=1S/C27H31N7O/c1-18-14-33(24-7-5-19(12-28)27-22(24)4-3-9-30-27)17-25-21-6-8-26(31-23(21)16-34(18)25)32-11-10-29-13-20(15-32)35-2/h3-9,18,20,25,29H,10-11,13-17H2,1-2H3. The van der Waals surface area contributed by atoms with Crippen molar-refractivity contribution in [2.24, 2.45) is 0 Å². The lowest BCUT2D eigenvalue weighted by Crippen LogP contribution is -2.51. The number of nitrogens with one attached hydrogen (secondary N) is 1. The van der Waals surface area contributed by atoms with Gasteiger partial charge in [0.2, 0.25) is 0 Å². The Kier molecular flexibility index (Phi) is 5.77. The average molecular weight is 470 g/mol. The monoisotopic (exact) mass is 469 g/mol. The summed E-state index contributed by atoms with van der Waals surface area (Å²) in [7, 11) is 1.78. The van der Waals surface area contributed by atoms with Crippen LogP contribution < -0.4 is 15.1 Å². The van der Waals surface area contributed by atoms with Crippen LogP contribution in [0.5, 0.6) is 0 Å². The van der Waals surface area contributed by atoms with Crippen LogP contribution in [0.1, 0.15) is 29.8 Å². The van der Waals surface area contributed by atoms with Gasteiger partial charge in [0.1, 0.15) is 11.9 Å². The number of nitriles is 1. The van der Waals surface area contributed by atoms with Crippen molar-refractivity contribution < 1.29 is 4.74 Å². The van der Waals surface area contributed by atoms with E-state index in [1.54, 1.807) is 13.3 Å². The Hall–Kier alpha value is -3.25. The normalized spacial score (nSPS) is 24.7. The smallest absolute Gasteiger partial charge is 0.129 e. The van der Waals surface area contributed by atoms with Gasteiger partial charge >= 0.3 is 0 Å². The van der Waals surface area contributed by atoms with E-state index in [1.807, 2.05) is 12.1 Å². The highest BCUT2D eigenvalue weighted by atomic mass is 16.5. The molecular weight excluding hydrogens is 438 g/mol. The molecule has 35 heavy (non-hydrogen) atoms. The van der Waals surface area contributed by atoms with Gasteiger partial charge in [0.15, 0.2) is 0 Å². The summed E-state index contributed by atoms with van der Waals surface area (Å²) >= 11 is 0. The molecule has 0 amide bonds. The van der Waals surface area contributed by atoms with Crippen molar-refractivity contribution >= 4 is 22.4 Å². The summed E-state index contributed by atoms with van der Waals surface area (Å²) in [6.07, 6.45) is 1.93. The number of pyridine rings is 2. The lowest BCUT2D eigenvalue weighted by molar-refractivity contribution is 0.112. The van der Waals surface area contributed by atoms with Crippen LogP contribution in [-0.2, 0) is 11.3 Å². The lowest BCUT2D eigenvalue weighted by Gasteiger charge is -2.43. The van der Waals surface area contributed by atoms with Crippen molar-refractivity contribution in [3.05, 3.63) is 59.4 Å². The SMILES string of the molecule is COC1CNCCN(c2ccc3c(n2)CN2C(C)CN(c4ccc(C#N)c5ncccc45)CC32)C1. The van der Waals surface area contributed by atoms with Gasteiger partial charge < -0.3 is 19.9 Å². The predicted octanol–water partition coefficient (Wildman–Crippen LogP) is 2.69. The van der Waals surface area contributed by atoms with Gasteiger partial charge in [-0.2, -0.15) is 5.26 Å². The largest absolute Gasteiger partial charge is 0.378 e. The highest BCUT2D eigenvalue weighted by molar-refractivity contribution is 5.95. The van der Waals surface area contributed by atoms with Crippen molar-refractivity contribution in [2.45, 2.75) is 31.7 Å². The molecule has 8 heteroatoms. The van der Waals surface area contributed by atoms with E-state index in [9.17, 15) is 5.26 Å². The topological polar surface area (TPSA) is 80.5 Å². The number of benzene rings is 1. The van der Waals surface area contributed by atoms with Crippen LogP contribution in [0, 0.1) is 11.3 Å². The van der Waals surface area contributed by atoms with E-state index in [0.29, 0.717) is 17.6 Å². The van der Waals surface area contributed by atoms with Crippen molar-refractivity contribution in [3.8, 4) is 6.07 Å². The van der Waals surface area contributed by atoms with Crippen LogP contribution in [0.25, 0.3) is 10.9 Å². The third kappa shape index (κ3) is 3.90. The molecule has 1 aromatic carbocycles. The molecule has 3 atom stereocenters. The zero-order chi connectivity index (χ0) is 23.9. The minimum Gasteiger partial charge on any atom is -0.378 e. The van der Waals surface area contributed by atoms with Gasteiger partial charge in [-0.15, -0.1) is 0 Å². The second-order valence-electron chi connectivity index (χ2n) is 9.80. The number of hydrogen-bond acceptors (Lipinski definition) is 8. The molecule has 0 radical (unpaired) electrons. The van der Waals surface area contributed by atoms with E-state index >= 15 is 0 Å². The molecule has 3 unspecified atom stereocenters. The van der Waals surface area contributed by atoms with Crippen molar-refractivity contribution in [2.75, 3.05) is 56.2 Å². The summed E-state index contributed by atoms with van der Waals surface area (Å²) in [6.45, 7) is 8.62.